The van der Waals surface area contributed by atoms with Crippen molar-refractivity contribution in [2.75, 3.05) is 13.2 Å². The third-order valence-electron chi connectivity index (χ3n) is 11.9. The van der Waals surface area contributed by atoms with E-state index >= 15 is 0 Å². The van der Waals surface area contributed by atoms with Gasteiger partial charge in [0.25, 0.3) is 0 Å². The SMILES string of the molecule is CC/C=C\C/C=C\C/C=C\C/C=C\C/C=C\C/C=C\C/C=C\C/C=C\CCCCCCC(=O)OCC(COC(=O)CCCCCCC/C=C\C/C=C\CCCCC)OC(=O)C/C=C\C/C=C\C/C=C\C/C=C\C/C=C\CC. The molecular weight excluding hydrogens is 949 g/mol. The third kappa shape index (κ3) is 61.2. The predicted octanol–water partition coefficient (Wildman–Crippen LogP) is 20.9. The third-order valence-corrected chi connectivity index (χ3v) is 11.9. The van der Waals surface area contributed by atoms with Crippen molar-refractivity contribution >= 4 is 17.9 Å². The van der Waals surface area contributed by atoms with Crippen LogP contribution in [0, 0.1) is 0 Å². The first-order valence-electron chi connectivity index (χ1n) is 30.3. The Morgan fingerprint density at radius 2 is 0.545 bits per heavy atom. The average Bonchev–Trinajstić information content (AvgIpc) is 3.43. The van der Waals surface area contributed by atoms with Gasteiger partial charge in [0.15, 0.2) is 6.10 Å². The van der Waals surface area contributed by atoms with E-state index in [1.165, 1.54) is 25.7 Å². The maximum Gasteiger partial charge on any atom is 0.310 e. The van der Waals surface area contributed by atoms with Crippen molar-refractivity contribution in [2.24, 2.45) is 0 Å². The molecule has 0 aliphatic heterocycles. The Morgan fingerprint density at radius 3 is 0.857 bits per heavy atom. The maximum atomic E-state index is 12.8. The van der Waals surface area contributed by atoms with E-state index in [1.54, 1.807) is 6.08 Å². The van der Waals surface area contributed by atoms with Gasteiger partial charge in [-0.05, 0) is 141 Å². The number of unbranched alkanes of at least 4 members (excludes halogenated alkanes) is 12. The highest BCUT2D eigenvalue weighted by Crippen LogP contribution is 2.12. The standard InChI is InChI=1S/C71H108O6/c1-4-7-10-13-16-19-22-25-28-29-30-31-32-33-34-35-36-37-38-39-40-41-44-46-49-52-55-58-61-64-70(73)76-67-68(77-71(74)65-62-59-56-53-50-47-43-27-24-21-18-15-12-9-6-3)66-75-69(72)63-60-57-54-51-48-45-42-26-23-20-17-14-11-8-5-2/h7,9-10,12,16-21,25-28,30-31,33-34,36-37,39-40,42-44,46,50,53,59,62,68H,4-6,8,11,13-15,22-24,29,32,35,38,41,45,47-49,51-52,54-58,60-61,63-67H2,1-3H3/b10-7-,12-9-,19-16-,20-17-,21-18-,28-25-,31-30-,34-33-,37-36-,40-39-,42-26-,43-27-,46-44-,53-50-,62-59-. The van der Waals surface area contributed by atoms with Crippen LogP contribution in [0.25, 0.3) is 0 Å². The van der Waals surface area contributed by atoms with E-state index in [0.717, 1.165) is 154 Å². The normalized spacial score (nSPS) is 13.4. The lowest BCUT2D eigenvalue weighted by Crippen LogP contribution is -2.30. The second kappa shape index (κ2) is 63.0. The van der Waals surface area contributed by atoms with Crippen LogP contribution >= 0.6 is 0 Å². The molecule has 0 aromatic heterocycles. The lowest BCUT2D eigenvalue weighted by atomic mass is 10.1. The fourth-order valence-corrected chi connectivity index (χ4v) is 7.44. The number of carbonyl (C=O) groups is 3. The van der Waals surface area contributed by atoms with E-state index in [4.69, 9.17) is 14.2 Å². The monoisotopic (exact) mass is 1060 g/mol. The second-order valence-corrected chi connectivity index (χ2v) is 19.2. The highest BCUT2D eigenvalue weighted by atomic mass is 16.6. The Labute approximate surface area is 472 Å². The number of rotatable bonds is 52. The van der Waals surface area contributed by atoms with Gasteiger partial charge in [-0.1, -0.05) is 248 Å². The van der Waals surface area contributed by atoms with Gasteiger partial charge in [0.05, 0.1) is 6.42 Å². The van der Waals surface area contributed by atoms with Crippen molar-refractivity contribution in [1.82, 2.24) is 0 Å². The molecule has 0 saturated carbocycles. The number of carbonyl (C=O) groups excluding carboxylic acids is 3. The predicted molar refractivity (Wildman–Crippen MR) is 334 cm³/mol. The van der Waals surface area contributed by atoms with Crippen molar-refractivity contribution in [3.8, 4) is 0 Å². The molecule has 1 atom stereocenters. The molecule has 0 heterocycles. The summed E-state index contributed by atoms with van der Waals surface area (Å²) in [7, 11) is 0. The smallest absolute Gasteiger partial charge is 0.310 e. The van der Waals surface area contributed by atoms with Gasteiger partial charge < -0.3 is 14.2 Å². The zero-order valence-electron chi connectivity index (χ0n) is 48.9. The lowest BCUT2D eigenvalue weighted by molar-refractivity contribution is -0.166. The Balaban J connectivity index is 4.51. The molecule has 0 rings (SSSR count). The highest BCUT2D eigenvalue weighted by molar-refractivity contribution is 5.72. The molecule has 0 amide bonds. The molecule has 0 bridgehead atoms. The Bertz CT molecular complexity index is 1840. The van der Waals surface area contributed by atoms with Crippen LogP contribution in [0.15, 0.2) is 182 Å². The van der Waals surface area contributed by atoms with Crippen molar-refractivity contribution < 1.29 is 28.6 Å². The molecule has 428 valence electrons. The molecule has 0 N–H and O–H groups in total. The first-order chi connectivity index (χ1) is 38.0. The summed E-state index contributed by atoms with van der Waals surface area (Å²) in [6.45, 7) is 6.24. The molecule has 0 fully saturated rings. The summed E-state index contributed by atoms with van der Waals surface area (Å²) >= 11 is 0. The van der Waals surface area contributed by atoms with Crippen molar-refractivity contribution in [3.63, 3.8) is 0 Å². The molecular formula is C71H108O6. The van der Waals surface area contributed by atoms with Gasteiger partial charge >= 0.3 is 17.9 Å². The van der Waals surface area contributed by atoms with Gasteiger partial charge in [-0.25, -0.2) is 0 Å². The molecule has 6 nitrogen and oxygen atoms in total. The molecule has 0 saturated heterocycles. The first kappa shape index (κ1) is 71.5. The zero-order chi connectivity index (χ0) is 55.7. The maximum absolute atomic E-state index is 12.8. The summed E-state index contributed by atoms with van der Waals surface area (Å²) in [4.78, 5) is 38.1. The van der Waals surface area contributed by atoms with E-state index in [1.807, 2.05) is 6.08 Å². The van der Waals surface area contributed by atoms with Crippen LogP contribution in [0.2, 0.25) is 0 Å². The van der Waals surface area contributed by atoms with Crippen LogP contribution in [0.1, 0.15) is 226 Å². The molecule has 6 heteroatoms. The Hall–Kier alpha value is -5.49. The minimum Gasteiger partial charge on any atom is -0.462 e. The summed E-state index contributed by atoms with van der Waals surface area (Å²) in [5, 5.41) is 0. The van der Waals surface area contributed by atoms with Gasteiger partial charge in [0, 0.05) is 12.8 Å². The van der Waals surface area contributed by atoms with Crippen molar-refractivity contribution in [3.05, 3.63) is 182 Å². The average molecular weight is 1060 g/mol. The van der Waals surface area contributed by atoms with E-state index in [9.17, 15) is 14.4 Å². The number of esters is 3. The fraction of sp³-hybridized carbons (Fsp3) is 0.535. The Morgan fingerprint density at radius 1 is 0.286 bits per heavy atom. The summed E-state index contributed by atoms with van der Waals surface area (Å²) in [6, 6.07) is 0. The van der Waals surface area contributed by atoms with E-state index in [2.05, 4.69) is 191 Å². The summed E-state index contributed by atoms with van der Waals surface area (Å²) in [5.41, 5.74) is 0. The summed E-state index contributed by atoms with van der Waals surface area (Å²) < 4.78 is 16.7. The first-order valence-corrected chi connectivity index (χ1v) is 30.3. The molecule has 0 aliphatic carbocycles. The van der Waals surface area contributed by atoms with Crippen LogP contribution in [-0.4, -0.2) is 37.2 Å². The van der Waals surface area contributed by atoms with E-state index in [-0.39, 0.29) is 31.6 Å². The summed E-state index contributed by atoms with van der Waals surface area (Å²) in [5.74, 6) is -1.12. The number of hydrogen-bond acceptors (Lipinski definition) is 6. The molecule has 0 aromatic rings. The molecule has 0 aromatic carbocycles. The Kier molecular flexibility index (Phi) is 58.6. The van der Waals surface area contributed by atoms with Gasteiger partial charge in [-0.3, -0.25) is 14.4 Å². The van der Waals surface area contributed by atoms with Gasteiger partial charge in [0.2, 0.25) is 0 Å². The van der Waals surface area contributed by atoms with Crippen LogP contribution in [-0.2, 0) is 28.6 Å². The molecule has 0 spiro atoms. The minimum absolute atomic E-state index is 0.0782. The van der Waals surface area contributed by atoms with Gasteiger partial charge in [-0.2, -0.15) is 0 Å². The van der Waals surface area contributed by atoms with E-state index < -0.39 is 12.1 Å². The van der Waals surface area contributed by atoms with Gasteiger partial charge in [-0.15, -0.1) is 0 Å². The largest absolute Gasteiger partial charge is 0.462 e. The minimum atomic E-state index is -0.860. The highest BCUT2D eigenvalue weighted by Gasteiger charge is 2.19. The molecule has 0 aliphatic rings. The topological polar surface area (TPSA) is 78.9 Å². The quantitative estimate of drug-likeness (QED) is 0.0261. The fourth-order valence-electron chi connectivity index (χ4n) is 7.44. The van der Waals surface area contributed by atoms with E-state index in [0.29, 0.717) is 19.3 Å². The summed E-state index contributed by atoms with van der Waals surface area (Å²) in [6.07, 6.45) is 94.8. The van der Waals surface area contributed by atoms with Crippen molar-refractivity contribution in [1.29, 1.82) is 0 Å². The van der Waals surface area contributed by atoms with Gasteiger partial charge in [0.1, 0.15) is 13.2 Å². The lowest BCUT2D eigenvalue weighted by Gasteiger charge is -2.18. The van der Waals surface area contributed by atoms with Crippen molar-refractivity contribution in [2.45, 2.75) is 232 Å². The van der Waals surface area contributed by atoms with Crippen LogP contribution in [0.5, 0.6) is 0 Å². The number of ether oxygens (including phenoxy) is 3. The number of allylic oxidation sites excluding steroid dienone is 29. The molecule has 77 heavy (non-hydrogen) atoms. The zero-order valence-corrected chi connectivity index (χ0v) is 48.9. The number of hydrogen-bond donors (Lipinski definition) is 0. The van der Waals surface area contributed by atoms with Crippen LogP contribution in [0.4, 0.5) is 0 Å². The molecule has 0 radical (unpaired) electrons. The van der Waals surface area contributed by atoms with Crippen LogP contribution in [0.3, 0.4) is 0 Å². The van der Waals surface area contributed by atoms with Crippen LogP contribution < -0.4 is 0 Å². The molecule has 1 unspecified atom stereocenters. The second-order valence-electron chi connectivity index (χ2n) is 19.2.